The van der Waals surface area contributed by atoms with E-state index in [1.165, 1.54) is 38.4 Å². The van der Waals surface area contributed by atoms with Crippen LogP contribution in [0.15, 0.2) is 24.3 Å². The van der Waals surface area contributed by atoms with E-state index < -0.39 is 0 Å². The molecule has 1 aliphatic rings. The summed E-state index contributed by atoms with van der Waals surface area (Å²) in [5.74, 6) is 1.46. The summed E-state index contributed by atoms with van der Waals surface area (Å²) in [6.07, 6.45) is 4.84. The van der Waals surface area contributed by atoms with Crippen LogP contribution in [0.2, 0.25) is 0 Å². The summed E-state index contributed by atoms with van der Waals surface area (Å²) in [7, 11) is 0. The third kappa shape index (κ3) is 5.08. The molecule has 21 heavy (non-hydrogen) atoms. The molecule has 2 unspecified atom stereocenters. The average molecular weight is 292 g/mol. The minimum absolute atomic E-state index is 0.0650. The zero-order valence-corrected chi connectivity index (χ0v) is 13.4. The Labute approximate surface area is 128 Å². The lowest BCUT2D eigenvalue weighted by Gasteiger charge is -2.23. The minimum Gasteiger partial charge on any atom is -0.324 e. The van der Waals surface area contributed by atoms with Crippen LogP contribution in [0.3, 0.4) is 0 Å². The number of nitrogens with zero attached hydrogens (tertiary/aromatic N) is 1. The molecule has 118 valence electrons. The lowest BCUT2D eigenvalue weighted by Crippen LogP contribution is -2.28. The van der Waals surface area contributed by atoms with Crippen molar-refractivity contribution in [1.82, 2.24) is 4.90 Å². The molecule has 1 heterocycles. The Morgan fingerprint density at radius 1 is 1.29 bits per heavy atom. The predicted molar refractivity (Wildman–Crippen MR) is 86.6 cm³/mol. The average Bonchev–Trinajstić information content (AvgIpc) is 2.70. The second-order valence-corrected chi connectivity index (χ2v) is 6.73. The zero-order valence-electron chi connectivity index (χ0n) is 13.4. The van der Waals surface area contributed by atoms with Gasteiger partial charge in [0.15, 0.2) is 0 Å². The molecule has 1 aromatic rings. The van der Waals surface area contributed by atoms with Crippen LogP contribution in [0.4, 0.5) is 4.39 Å². The highest BCUT2D eigenvalue weighted by atomic mass is 19.1. The zero-order chi connectivity index (χ0) is 15.2. The van der Waals surface area contributed by atoms with Crippen LogP contribution in [0.1, 0.15) is 51.1 Å². The SMILES string of the molecule is CC(C)C1CCCN(CCC(N)c2cccc(F)c2)CC1. The predicted octanol–water partition coefficient (Wildman–Crippen LogP) is 3.97. The van der Waals surface area contributed by atoms with Crippen molar-refractivity contribution in [3.8, 4) is 0 Å². The molecule has 2 atom stereocenters. The van der Waals surface area contributed by atoms with Gasteiger partial charge in [-0.2, -0.15) is 0 Å². The molecule has 1 fully saturated rings. The Hall–Kier alpha value is -0.930. The number of rotatable bonds is 5. The first-order chi connectivity index (χ1) is 10.1. The van der Waals surface area contributed by atoms with Gasteiger partial charge in [0.25, 0.3) is 0 Å². The van der Waals surface area contributed by atoms with E-state index in [1.807, 2.05) is 6.07 Å². The molecule has 3 heteroatoms. The van der Waals surface area contributed by atoms with E-state index in [-0.39, 0.29) is 11.9 Å². The van der Waals surface area contributed by atoms with Crippen LogP contribution in [0.25, 0.3) is 0 Å². The molecule has 0 amide bonds. The Kier molecular flexibility index (Phi) is 6.19. The summed E-state index contributed by atoms with van der Waals surface area (Å²) in [6, 6.07) is 6.62. The Morgan fingerprint density at radius 2 is 2.10 bits per heavy atom. The van der Waals surface area contributed by atoms with E-state index in [0.29, 0.717) is 0 Å². The standard InChI is InChI=1S/C18H29FN2/c1-14(2)15-6-4-10-21(11-8-15)12-9-18(20)16-5-3-7-17(19)13-16/h3,5,7,13-15,18H,4,6,8-12,20H2,1-2H3. The molecule has 2 nitrogen and oxygen atoms in total. The van der Waals surface area contributed by atoms with E-state index in [0.717, 1.165) is 30.4 Å². The largest absolute Gasteiger partial charge is 0.324 e. The van der Waals surface area contributed by atoms with Crippen molar-refractivity contribution >= 4 is 0 Å². The fourth-order valence-corrected chi connectivity index (χ4v) is 3.30. The van der Waals surface area contributed by atoms with Gasteiger partial charge in [0.05, 0.1) is 0 Å². The fourth-order valence-electron chi connectivity index (χ4n) is 3.30. The second-order valence-electron chi connectivity index (χ2n) is 6.73. The van der Waals surface area contributed by atoms with Gasteiger partial charge in [-0.25, -0.2) is 4.39 Å². The van der Waals surface area contributed by atoms with Gasteiger partial charge in [0, 0.05) is 6.04 Å². The van der Waals surface area contributed by atoms with Crippen LogP contribution < -0.4 is 5.73 Å². The van der Waals surface area contributed by atoms with E-state index in [2.05, 4.69) is 18.7 Å². The van der Waals surface area contributed by atoms with Gasteiger partial charge in [0.2, 0.25) is 0 Å². The molecule has 1 aromatic carbocycles. The summed E-state index contributed by atoms with van der Waals surface area (Å²) in [5.41, 5.74) is 7.11. The molecular weight excluding hydrogens is 263 g/mol. The topological polar surface area (TPSA) is 29.3 Å². The van der Waals surface area contributed by atoms with Crippen molar-refractivity contribution < 1.29 is 4.39 Å². The maximum absolute atomic E-state index is 13.2. The third-order valence-corrected chi connectivity index (χ3v) is 4.84. The summed E-state index contributed by atoms with van der Waals surface area (Å²) >= 11 is 0. The van der Waals surface area contributed by atoms with E-state index in [1.54, 1.807) is 12.1 Å². The number of hydrogen-bond donors (Lipinski definition) is 1. The van der Waals surface area contributed by atoms with Gasteiger partial charge in [-0.15, -0.1) is 0 Å². The quantitative estimate of drug-likeness (QED) is 0.889. The number of benzene rings is 1. The highest BCUT2D eigenvalue weighted by Crippen LogP contribution is 2.25. The van der Waals surface area contributed by atoms with Crippen molar-refractivity contribution in [2.75, 3.05) is 19.6 Å². The molecule has 1 aliphatic heterocycles. The monoisotopic (exact) mass is 292 g/mol. The van der Waals surface area contributed by atoms with Gasteiger partial charge in [-0.3, -0.25) is 0 Å². The lowest BCUT2D eigenvalue weighted by atomic mass is 9.89. The summed E-state index contributed by atoms with van der Waals surface area (Å²) < 4.78 is 13.2. The van der Waals surface area contributed by atoms with E-state index >= 15 is 0 Å². The number of hydrogen-bond acceptors (Lipinski definition) is 2. The molecular formula is C18H29FN2. The first-order valence-electron chi connectivity index (χ1n) is 8.29. The smallest absolute Gasteiger partial charge is 0.123 e. The van der Waals surface area contributed by atoms with Crippen LogP contribution >= 0.6 is 0 Å². The third-order valence-electron chi connectivity index (χ3n) is 4.84. The van der Waals surface area contributed by atoms with E-state index in [4.69, 9.17) is 5.73 Å². The highest BCUT2D eigenvalue weighted by Gasteiger charge is 2.19. The molecule has 0 radical (unpaired) electrons. The van der Waals surface area contributed by atoms with Crippen molar-refractivity contribution in [3.63, 3.8) is 0 Å². The fraction of sp³-hybridized carbons (Fsp3) is 0.667. The maximum atomic E-state index is 13.2. The van der Waals surface area contributed by atoms with Crippen molar-refractivity contribution in [1.29, 1.82) is 0 Å². The first-order valence-corrected chi connectivity index (χ1v) is 8.29. The van der Waals surface area contributed by atoms with Crippen LogP contribution in [0, 0.1) is 17.7 Å². The molecule has 2 rings (SSSR count). The van der Waals surface area contributed by atoms with Crippen molar-refractivity contribution in [2.24, 2.45) is 17.6 Å². The molecule has 0 aromatic heterocycles. The molecule has 0 aliphatic carbocycles. The molecule has 2 N–H and O–H groups in total. The number of nitrogens with two attached hydrogens (primary N) is 1. The molecule has 1 saturated heterocycles. The van der Waals surface area contributed by atoms with Gasteiger partial charge in [0.1, 0.15) is 5.82 Å². The molecule has 0 saturated carbocycles. The summed E-state index contributed by atoms with van der Waals surface area (Å²) in [5, 5.41) is 0. The lowest BCUT2D eigenvalue weighted by molar-refractivity contribution is 0.262. The second kappa shape index (κ2) is 7.90. The maximum Gasteiger partial charge on any atom is 0.123 e. The van der Waals surface area contributed by atoms with Gasteiger partial charge in [-0.1, -0.05) is 26.0 Å². The molecule has 0 bridgehead atoms. The van der Waals surface area contributed by atoms with E-state index in [9.17, 15) is 4.39 Å². The number of likely N-dealkylation sites (tertiary alicyclic amines) is 1. The normalized spacial score (nSPS) is 22.2. The van der Waals surface area contributed by atoms with Crippen molar-refractivity contribution in [2.45, 2.75) is 45.6 Å². The van der Waals surface area contributed by atoms with Gasteiger partial charge in [-0.05, 0) is 74.8 Å². The number of halogens is 1. The van der Waals surface area contributed by atoms with Gasteiger partial charge < -0.3 is 10.6 Å². The first kappa shape index (κ1) is 16.4. The van der Waals surface area contributed by atoms with Gasteiger partial charge >= 0.3 is 0 Å². The minimum atomic E-state index is -0.197. The van der Waals surface area contributed by atoms with Crippen LogP contribution in [-0.4, -0.2) is 24.5 Å². The highest BCUT2D eigenvalue weighted by molar-refractivity contribution is 5.19. The summed E-state index contributed by atoms with van der Waals surface area (Å²) in [6.45, 7) is 8.04. The van der Waals surface area contributed by atoms with Crippen molar-refractivity contribution in [3.05, 3.63) is 35.6 Å². The van der Waals surface area contributed by atoms with Crippen LogP contribution in [-0.2, 0) is 0 Å². The Morgan fingerprint density at radius 3 is 2.81 bits per heavy atom. The Balaban J connectivity index is 1.80. The summed E-state index contributed by atoms with van der Waals surface area (Å²) in [4.78, 5) is 2.53. The Bertz CT molecular complexity index is 433. The molecule has 0 spiro atoms. The van der Waals surface area contributed by atoms with Crippen LogP contribution in [0.5, 0.6) is 0 Å².